The van der Waals surface area contributed by atoms with Gasteiger partial charge in [0, 0.05) is 13.1 Å². The number of ether oxygens (including phenoxy) is 1. The molecule has 50 heavy (non-hydrogen) atoms. The molecule has 2 aromatic carbocycles. The van der Waals surface area contributed by atoms with Gasteiger partial charge in [-0.05, 0) is 67.4 Å². The summed E-state index contributed by atoms with van der Waals surface area (Å²) in [5.41, 5.74) is 0.979. The van der Waals surface area contributed by atoms with Crippen molar-refractivity contribution in [2.24, 2.45) is 11.3 Å². The molecular formula is C35H51N7O7S. The van der Waals surface area contributed by atoms with Crippen LogP contribution in [0.25, 0.3) is 11.0 Å². The maximum atomic E-state index is 14.1. The van der Waals surface area contributed by atoms with E-state index in [1.165, 1.54) is 23.5 Å². The maximum Gasteiger partial charge on any atom is 0.413 e. The van der Waals surface area contributed by atoms with Gasteiger partial charge >= 0.3 is 6.09 Å². The largest absolute Gasteiger partial charge is 0.453 e. The van der Waals surface area contributed by atoms with E-state index in [2.05, 4.69) is 35.6 Å². The average Bonchev–Trinajstić information content (AvgIpc) is 3.71. The molecule has 3 aromatic rings. The van der Waals surface area contributed by atoms with E-state index in [0.717, 1.165) is 31.5 Å². The smallest absolute Gasteiger partial charge is 0.413 e. The zero-order chi connectivity index (χ0) is 36.6. The van der Waals surface area contributed by atoms with Gasteiger partial charge in [-0.1, -0.05) is 65.0 Å². The van der Waals surface area contributed by atoms with Gasteiger partial charge in [-0.15, -0.1) is 0 Å². The van der Waals surface area contributed by atoms with Gasteiger partial charge in [0.15, 0.2) is 0 Å². The van der Waals surface area contributed by atoms with Crippen LogP contribution in [0.15, 0.2) is 53.4 Å². The molecule has 2 heterocycles. The van der Waals surface area contributed by atoms with Gasteiger partial charge in [0.25, 0.3) is 0 Å². The Morgan fingerprint density at radius 3 is 2.34 bits per heavy atom. The van der Waals surface area contributed by atoms with Crippen molar-refractivity contribution in [2.75, 3.05) is 45.2 Å². The lowest BCUT2D eigenvalue weighted by Crippen LogP contribution is -2.59. The minimum Gasteiger partial charge on any atom is -0.453 e. The Morgan fingerprint density at radius 2 is 1.72 bits per heavy atom. The number of amides is 3. The zero-order valence-corrected chi connectivity index (χ0v) is 30.5. The van der Waals surface area contributed by atoms with Crippen molar-refractivity contribution in [3.8, 4) is 0 Å². The Labute approximate surface area is 294 Å². The zero-order valence-electron chi connectivity index (χ0n) is 29.7. The quantitative estimate of drug-likeness (QED) is 0.158. The molecule has 1 aliphatic rings. The second-order valence-electron chi connectivity index (χ2n) is 14.3. The van der Waals surface area contributed by atoms with E-state index in [4.69, 9.17) is 0 Å². The SMILES string of the molecule is COC(=O)Nc1nc2cc(S(=O)(=O)N(CC(C)C)C[C@@H](O)[C@H](Cc3ccccc3)NC(=O)[C@@H](NC(=O)CN3CCCC3)C(C)(C)C)ccc2[nH]1. The fourth-order valence-electron chi connectivity index (χ4n) is 5.96. The number of nitrogens with zero attached hydrogens (tertiary/aromatic N) is 3. The van der Waals surface area contributed by atoms with Crippen LogP contribution in [0.5, 0.6) is 0 Å². The summed E-state index contributed by atoms with van der Waals surface area (Å²) in [6.45, 7) is 11.0. The van der Waals surface area contributed by atoms with Gasteiger partial charge in [0.05, 0.1) is 41.7 Å². The molecule has 0 saturated carbocycles. The summed E-state index contributed by atoms with van der Waals surface area (Å²) in [5, 5.41) is 20.1. The van der Waals surface area contributed by atoms with Crippen LogP contribution in [0.4, 0.5) is 10.7 Å². The van der Waals surface area contributed by atoms with Crippen molar-refractivity contribution >= 4 is 44.9 Å². The third-order valence-corrected chi connectivity index (χ3v) is 10.4. The number of H-pyrrole nitrogens is 1. The number of carbonyl (C=O) groups is 3. The summed E-state index contributed by atoms with van der Waals surface area (Å²) < 4.78 is 34.1. The van der Waals surface area contributed by atoms with Crippen LogP contribution in [0.1, 0.15) is 53.0 Å². The molecular weight excluding hydrogens is 662 g/mol. The number of carbonyl (C=O) groups excluding carboxylic acids is 3. The molecule has 0 spiro atoms. The Hall–Kier alpha value is -4.05. The third kappa shape index (κ3) is 10.5. The number of anilines is 1. The molecule has 15 heteroatoms. The van der Waals surface area contributed by atoms with E-state index < -0.39 is 45.6 Å². The summed E-state index contributed by atoms with van der Waals surface area (Å²) >= 11 is 0. The fraction of sp³-hybridized carbons (Fsp3) is 0.543. The van der Waals surface area contributed by atoms with Crippen LogP contribution in [-0.2, 0) is 30.8 Å². The Bertz CT molecular complexity index is 1720. The summed E-state index contributed by atoms with van der Waals surface area (Å²) in [5.74, 6) is -0.722. The number of rotatable bonds is 15. The molecule has 0 aliphatic carbocycles. The van der Waals surface area contributed by atoms with Crippen molar-refractivity contribution in [2.45, 2.75) is 77.0 Å². The number of fused-ring (bicyclic) bond motifs is 1. The minimum absolute atomic E-state index is 0.0499. The number of methoxy groups -OCH3 is 1. The first kappa shape index (κ1) is 38.7. The number of sulfonamides is 1. The highest BCUT2D eigenvalue weighted by Crippen LogP contribution is 2.25. The van der Waals surface area contributed by atoms with Crippen molar-refractivity contribution in [3.05, 3.63) is 54.1 Å². The van der Waals surface area contributed by atoms with Crippen LogP contribution >= 0.6 is 0 Å². The lowest BCUT2D eigenvalue weighted by Gasteiger charge is -2.35. The van der Waals surface area contributed by atoms with Gasteiger partial charge in [0.2, 0.25) is 27.8 Å². The number of aromatic amines is 1. The van der Waals surface area contributed by atoms with E-state index >= 15 is 0 Å². The lowest BCUT2D eigenvalue weighted by molar-refractivity contribution is -0.133. The maximum absolute atomic E-state index is 14.1. The van der Waals surface area contributed by atoms with Crippen LogP contribution in [0.2, 0.25) is 0 Å². The number of nitrogens with one attached hydrogen (secondary N) is 4. The summed E-state index contributed by atoms with van der Waals surface area (Å²) in [6.07, 6.45) is 0.234. The first-order valence-electron chi connectivity index (χ1n) is 17.0. The average molecular weight is 714 g/mol. The van der Waals surface area contributed by atoms with E-state index in [1.807, 2.05) is 65.0 Å². The number of aliphatic hydroxyl groups is 1. The summed E-state index contributed by atoms with van der Waals surface area (Å²) in [7, 11) is -2.95. The summed E-state index contributed by atoms with van der Waals surface area (Å²) in [4.78, 5) is 47.8. The number of benzene rings is 2. The Balaban J connectivity index is 1.59. The second-order valence-corrected chi connectivity index (χ2v) is 16.3. The van der Waals surface area contributed by atoms with Gasteiger partial charge in [-0.2, -0.15) is 4.31 Å². The summed E-state index contributed by atoms with van der Waals surface area (Å²) in [6, 6.07) is 11.9. The molecule has 3 atom stereocenters. The van der Waals surface area contributed by atoms with Gasteiger partial charge in [0.1, 0.15) is 6.04 Å². The number of likely N-dealkylation sites (tertiary alicyclic amines) is 1. The molecule has 1 aliphatic heterocycles. The highest BCUT2D eigenvalue weighted by atomic mass is 32.2. The molecule has 1 saturated heterocycles. The molecule has 0 radical (unpaired) electrons. The van der Waals surface area contributed by atoms with E-state index in [9.17, 15) is 27.9 Å². The molecule has 1 aromatic heterocycles. The van der Waals surface area contributed by atoms with Crippen molar-refractivity contribution in [1.29, 1.82) is 0 Å². The number of aromatic nitrogens is 2. The molecule has 0 unspecified atom stereocenters. The molecule has 0 bridgehead atoms. The van der Waals surface area contributed by atoms with Gasteiger partial charge in [-0.3, -0.25) is 19.8 Å². The monoisotopic (exact) mass is 713 g/mol. The minimum atomic E-state index is -4.17. The predicted molar refractivity (Wildman–Crippen MR) is 191 cm³/mol. The molecule has 5 N–H and O–H groups in total. The number of imidazole rings is 1. The number of aliphatic hydroxyl groups excluding tert-OH is 1. The van der Waals surface area contributed by atoms with Gasteiger partial charge < -0.3 is 25.5 Å². The lowest BCUT2D eigenvalue weighted by atomic mass is 9.85. The normalized spacial score (nSPS) is 15.9. The fourth-order valence-corrected chi connectivity index (χ4v) is 7.60. The standard InChI is InChI=1S/C35H51N7O7S/c1-23(2)20-42(50(47,48)25-14-15-26-27(19-25)38-33(37-26)40-34(46)49-6)21-29(43)28(18-24-12-8-7-9-13-24)36-32(45)31(35(3,4)5)39-30(44)22-41-16-10-11-17-41/h7-9,12-15,19,23,28-29,31,43H,10-11,16-18,20-22H2,1-6H3,(H,36,45)(H,39,44)(H2,37,38,40,46)/t28-,29+,31+/m0/s1. The van der Waals surface area contributed by atoms with Crippen LogP contribution in [0, 0.1) is 11.3 Å². The predicted octanol–water partition coefficient (Wildman–Crippen LogP) is 3.10. The van der Waals surface area contributed by atoms with Crippen molar-refractivity contribution < 1.29 is 32.6 Å². The van der Waals surface area contributed by atoms with E-state index in [1.54, 1.807) is 6.07 Å². The number of hydrogen-bond donors (Lipinski definition) is 5. The molecule has 274 valence electrons. The van der Waals surface area contributed by atoms with E-state index in [-0.39, 0.29) is 48.7 Å². The topological polar surface area (TPSA) is 186 Å². The first-order valence-corrected chi connectivity index (χ1v) is 18.4. The Morgan fingerprint density at radius 1 is 1.04 bits per heavy atom. The van der Waals surface area contributed by atoms with Crippen molar-refractivity contribution in [3.63, 3.8) is 0 Å². The number of hydrogen-bond acceptors (Lipinski definition) is 9. The third-order valence-electron chi connectivity index (χ3n) is 8.55. The van der Waals surface area contributed by atoms with Crippen LogP contribution < -0.4 is 16.0 Å². The highest BCUT2D eigenvalue weighted by molar-refractivity contribution is 7.89. The van der Waals surface area contributed by atoms with Gasteiger partial charge in [-0.25, -0.2) is 18.2 Å². The van der Waals surface area contributed by atoms with Crippen LogP contribution in [-0.4, -0.2) is 109 Å². The molecule has 4 rings (SSSR count). The van der Waals surface area contributed by atoms with Crippen LogP contribution in [0.3, 0.4) is 0 Å². The first-order chi connectivity index (χ1) is 23.6. The second kappa shape index (κ2) is 16.8. The molecule has 1 fully saturated rings. The van der Waals surface area contributed by atoms with Crippen molar-refractivity contribution in [1.82, 2.24) is 29.8 Å². The highest BCUT2D eigenvalue weighted by Gasteiger charge is 2.37. The molecule has 14 nitrogen and oxygen atoms in total. The molecule has 3 amide bonds. The Kier molecular flexibility index (Phi) is 13.0. The van der Waals surface area contributed by atoms with E-state index in [0.29, 0.717) is 11.0 Å².